The lowest BCUT2D eigenvalue weighted by molar-refractivity contribution is -0.385. The first-order valence-electron chi connectivity index (χ1n) is 6.31. The molecule has 0 atom stereocenters. The molecule has 0 spiro atoms. The fourth-order valence-electron chi connectivity index (χ4n) is 1.89. The number of H-pyrrole nitrogens is 1. The lowest BCUT2D eigenvalue weighted by Crippen LogP contribution is -2.14. The molecule has 0 fully saturated rings. The molecule has 110 valence electrons. The number of hydrogen-bond acceptors (Lipinski definition) is 4. The average Bonchev–Trinajstić information content (AvgIpc) is 2.86. The number of amides is 1. The van der Waals surface area contributed by atoms with E-state index in [0.717, 1.165) is 18.5 Å². The van der Waals surface area contributed by atoms with Crippen LogP contribution >= 0.6 is 11.6 Å². The Morgan fingerprint density at radius 2 is 2.29 bits per heavy atom. The third-order valence-corrected chi connectivity index (χ3v) is 3.12. The van der Waals surface area contributed by atoms with E-state index < -0.39 is 10.8 Å². The summed E-state index contributed by atoms with van der Waals surface area (Å²) in [6.45, 7) is 2.02. The molecule has 0 aliphatic rings. The van der Waals surface area contributed by atoms with Crippen LogP contribution in [0.3, 0.4) is 0 Å². The van der Waals surface area contributed by atoms with Gasteiger partial charge in [-0.05, 0) is 12.5 Å². The maximum absolute atomic E-state index is 12.2. The highest BCUT2D eigenvalue weighted by atomic mass is 35.5. The van der Waals surface area contributed by atoms with Crippen LogP contribution in [0.25, 0.3) is 0 Å². The van der Waals surface area contributed by atoms with E-state index in [1.54, 1.807) is 6.07 Å². The summed E-state index contributed by atoms with van der Waals surface area (Å²) in [5, 5.41) is 20.2. The molecule has 1 aromatic carbocycles. The van der Waals surface area contributed by atoms with Gasteiger partial charge in [0, 0.05) is 17.8 Å². The van der Waals surface area contributed by atoms with Crippen LogP contribution < -0.4 is 5.32 Å². The van der Waals surface area contributed by atoms with Crippen molar-refractivity contribution >= 4 is 29.0 Å². The molecule has 0 saturated heterocycles. The highest BCUT2D eigenvalue weighted by Gasteiger charge is 2.23. The number of aromatic amines is 1. The SMILES string of the molecule is CCCc1cc(NC(=O)c2c(Cl)cccc2[N+](=O)[O-])n[nH]1. The zero-order valence-electron chi connectivity index (χ0n) is 11.2. The second-order valence-electron chi connectivity index (χ2n) is 4.37. The van der Waals surface area contributed by atoms with Crippen LogP contribution in [0.5, 0.6) is 0 Å². The Balaban J connectivity index is 2.25. The van der Waals surface area contributed by atoms with Crippen LogP contribution in [0, 0.1) is 10.1 Å². The molecule has 21 heavy (non-hydrogen) atoms. The van der Waals surface area contributed by atoms with E-state index in [2.05, 4.69) is 15.5 Å². The minimum absolute atomic E-state index is 0.0195. The molecule has 1 aromatic heterocycles. The number of anilines is 1. The van der Waals surface area contributed by atoms with Crippen molar-refractivity contribution in [1.82, 2.24) is 10.2 Å². The number of rotatable bonds is 5. The number of nitro benzene ring substituents is 1. The zero-order chi connectivity index (χ0) is 15.4. The molecular formula is C13H13ClN4O3. The van der Waals surface area contributed by atoms with Gasteiger partial charge in [-0.15, -0.1) is 0 Å². The number of carbonyl (C=O) groups excluding carboxylic acids is 1. The van der Waals surface area contributed by atoms with Gasteiger partial charge in [0.25, 0.3) is 11.6 Å². The normalized spacial score (nSPS) is 10.4. The van der Waals surface area contributed by atoms with Crippen molar-refractivity contribution in [2.45, 2.75) is 19.8 Å². The fourth-order valence-corrected chi connectivity index (χ4v) is 2.15. The molecular weight excluding hydrogens is 296 g/mol. The van der Waals surface area contributed by atoms with Crippen LogP contribution in [0.4, 0.5) is 11.5 Å². The number of benzene rings is 1. The number of hydrogen-bond donors (Lipinski definition) is 2. The van der Waals surface area contributed by atoms with Crippen LogP contribution in [0.1, 0.15) is 29.4 Å². The summed E-state index contributed by atoms with van der Waals surface area (Å²) in [4.78, 5) is 22.5. The van der Waals surface area contributed by atoms with Crippen molar-refractivity contribution in [2.75, 3.05) is 5.32 Å². The molecule has 2 rings (SSSR count). The van der Waals surface area contributed by atoms with Crippen molar-refractivity contribution in [2.24, 2.45) is 0 Å². The van der Waals surface area contributed by atoms with Crippen molar-refractivity contribution < 1.29 is 9.72 Å². The summed E-state index contributed by atoms with van der Waals surface area (Å²) in [5.41, 5.74) is 0.356. The Morgan fingerprint density at radius 1 is 1.52 bits per heavy atom. The first-order chi connectivity index (χ1) is 10.0. The molecule has 2 aromatic rings. The van der Waals surface area contributed by atoms with Gasteiger partial charge in [0.2, 0.25) is 0 Å². The first-order valence-corrected chi connectivity index (χ1v) is 6.69. The molecule has 0 aliphatic heterocycles. The minimum Gasteiger partial charge on any atom is -0.305 e. The van der Waals surface area contributed by atoms with Gasteiger partial charge in [-0.1, -0.05) is 31.0 Å². The summed E-state index contributed by atoms with van der Waals surface area (Å²) in [5.74, 6) is -0.362. The van der Waals surface area contributed by atoms with E-state index in [9.17, 15) is 14.9 Å². The monoisotopic (exact) mass is 308 g/mol. The van der Waals surface area contributed by atoms with E-state index >= 15 is 0 Å². The minimum atomic E-state index is -0.665. The number of aryl methyl sites for hydroxylation is 1. The quantitative estimate of drug-likeness (QED) is 0.654. The molecule has 0 saturated carbocycles. The Kier molecular flexibility index (Phi) is 4.54. The predicted octanol–water partition coefficient (Wildman–Crippen LogP) is 3.18. The molecule has 7 nitrogen and oxygen atoms in total. The zero-order valence-corrected chi connectivity index (χ0v) is 12.0. The Labute approximate surface area is 125 Å². The second-order valence-corrected chi connectivity index (χ2v) is 4.78. The van der Waals surface area contributed by atoms with Crippen molar-refractivity contribution in [3.05, 3.63) is 50.7 Å². The smallest absolute Gasteiger partial charge is 0.283 e. The molecule has 0 radical (unpaired) electrons. The maximum atomic E-state index is 12.2. The first kappa shape index (κ1) is 15.0. The van der Waals surface area contributed by atoms with E-state index in [0.29, 0.717) is 5.82 Å². The summed E-state index contributed by atoms with van der Waals surface area (Å²) >= 11 is 5.90. The van der Waals surface area contributed by atoms with Crippen molar-refractivity contribution in [3.8, 4) is 0 Å². The van der Waals surface area contributed by atoms with Gasteiger partial charge in [0.15, 0.2) is 5.82 Å². The van der Waals surface area contributed by atoms with E-state index in [1.807, 2.05) is 6.92 Å². The van der Waals surface area contributed by atoms with E-state index in [4.69, 9.17) is 11.6 Å². The Morgan fingerprint density at radius 3 is 2.95 bits per heavy atom. The van der Waals surface area contributed by atoms with Gasteiger partial charge in [0.05, 0.1) is 9.95 Å². The van der Waals surface area contributed by atoms with Gasteiger partial charge >= 0.3 is 0 Å². The molecule has 0 unspecified atom stereocenters. The standard InChI is InChI=1S/C13H13ClN4O3/c1-2-4-8-7-11(17-16-8)15-13(19)12-9(14)5-3-6-10(12)18(20)21/h3,5-7H,2,4H2,1H3,(H2,15,16,17,19). The summed E-state index contributed by atoms with van der Waals surface area (Å²) < 4.78 is 0. The van der Waals surface area contributed by atoms with Crippen LogP contribution in [-0.2, 0) is 6.42 Å². The average molecular weight is 309 g/mol. The largest absolute Gasteiger partial charge is 0.305 e. The molecule has 1 heterocycles. The lowest BCUT2D eigenvalue weighted by Gasteiger charge is -2.04. The van der Waals surface area contributed by atoms with E-state index in [1.165, 1.54) is 18.2 Å². The number of carbonyl (C=O) groups is 1. The van der Waals surface area contributed by atoms with Crippen LogP contribution in [0.15, 0.2) is 24.3 Å². The van der Waals surface area contributed by atoms with Crippen molar-refractivity contribution in [3.63, 3.8) is 0 Å². The Hall–Kier alpha value is -2.41. The second kappa shape index (κ2) is 6.36. The predicted molar refractivity (Wildman–Crippen MR) is 78.6 cm³/mol. The Bertz CT molecular complexity index is 684. The molecule has 0 aliphatic carbocycles. The third kappa shape index (κ3) is 3.38. The maximum Gasteiger partial charge on any atom is 0.283 e. The third-order valence-electron chi connectivity index (χ3n) is 2.81. The lowest BCUT2D eigenvalue weighted by atomic mass is 10.1. The van der Waals surface area contributed by atoms with Crippen LogP contribution in [-0.4, -0.2) is 21.0 Å². The number of nitrogens with one attached hydrogen (secondary N) is 2. The van der Waals surface area contributed by atoms with Gasteiger partial charge in [-0.25, -0.2) is 0 Å². The number of aromatic nitrogens is 2. The number of nitrogens with zero attached hydrogens (tertiary/aromatic N) is 2. The molecule has 1 amide bonds. The summed E-state index contributed by atoms with van der Waals surface area (Å²) in [6, 6.07) is 5.76. The fraction of sp³-hybridized carbons (Fsp3) is 0.231. The van der Waals surface area contributed by atoms with Gasteiger partial charge in [-0.3, -0.25) is 20.0 Å². The highest BCUT2D eigenvalue weighted by molar-refractivity contribution is 6.35. The van der Waals surface area contributed by atoms with Crippen LogP contribution in [0.2, 0.25) is 5.02 Å². The van der Waals surface area contributed by atoms with Gasteiger partial charge in [-0.2, -0.15) is 5.10 Å². The molecule has 0 bridgehead atoms. The molecule has 2 N–H and O–H groups in total. The summed E-state index contributed by atoms with van der Waals surface area (Å²) in [7, 11) is 0. The number of halogens is 1. The summed E-state index contributed by atoms with van der Waals surface area (Å²) in [6.07, 6.45) is 1.74. The highest BCUT2D eigenvalue weighted by Crippen LogP contribution is 2.27. The topological polar surface area (TPSA) is 101 Å². The van der Waals surface area contributed by atoms with E-state index in [-0.39, 0.29) is 16.3 Å². The van der Waals surface area contributed by atoms with Crippen molar-refractivity contribution in [1.29, 1.82) is 0 Å². The number of nitro groups is 1. The molecule has 8 heteroatoms. The van der Waals surface area contributed by atoms with Gasteiger partial charge < -0.3 is 5.32 Å². The van der Waals surface area contributed by atoms with Gasteiger partial charge in [0.1, 0.15) is 5.56 Å².